The van der Waals surface area contributed by atoms with Crippen molar-refractivity contribution in [2.75, 3.05) is 13.1 Å². The molecule has 1 aromatic rings. The van der Waals surface area contributed by atoms with E-state index in [2.05, 4.69) is 5.32 Å². The molecule has 3 aliphatic rings. The molecule has 24 heavy (non-hydrogen) atoms. The van der Waals surface area contributed by atoms with Crippen molar-refractivity contribution in [2.24, 2.45) is 11.3 Å². The highest BCUT2D eigenvalue weighted by Gasteiger charge is 2.47. The smallest absolute Gasteiger partial charge is 0.253 e. The summed E-state index contributed by atoms with van der Waals surface area (Å²) < 4.78 is 13.3. The molecular weight excluding hydrogens is 307 g/mol. The minimum atomic E-state index is -0.373. The number of nitrogens with zero attached hydrogens (tertiary/aromatic N) is 1. The molecule has 2 saturated carbocycles. The fourth-order valence-electron chi connectivity index (χ4n) is 4.15. The lowest BCUT2D eigenvalue weighted by molar-refractivity contribution is -0.125. The molecule has 4 rings (SSSR count). The second-order valence-electron chi connectivity index (χ2n) is 7.69. The number of hydrogen-bond donors (Lipinski definition) is 1. The number of rotatable bonds is 3. The maximum Gasteiger partial charge on any atom is 0.253 e. The number of piperidine rings is 1. The highest BCUT2D eigenvalue weighted by molar-refractivity contribution is 5.94. The first-order chi connectivity index (χ1) is 11.5. The summed E-state index contributed by atoms with van der Waals surface area (Å²) in [5.74, 6) is 0.0469. The van der Waals surface area contributed by atoms with Gasteiger partial charge in [0.2, 0.25) is 5.91 Å². The monoisotopic (exact) mass is 330 g/mol. The third-order valence-corrected chi connectivity index (χ3v) is 5.84. The molecule has 1 aromatic carbocycles. The fourth-order valence-corrected chi connectivity index (χ4v) is 4.15. The van der Waals surface area contributed by atoms with Crippen molar-refractivity contribution >= 4 is 11.8 Å². The van der Waals surface area contributed by atoms with Gasteiger partial charge in [-0.25, -0.2) is 4.39 Å². The molecule has 1 spiro atoms. The number of benzene rings is 1. The van der Waals surface area contributed by atoms with Gasteiger partial charge in [0, 0.05) is 30.6 Å². The van der Waals surface area contributed by atoms with Crippen LogP contribution >= 0.6 is 0 Å². The van der Waals surface area contributed by atoms with Gasteiger partial charge in [0.1, 0.15) is 5.82 Å². The van der Waals surface area contributed by atoms with Crippen LogP contribution in [-0.2, 0) is 4.79 Å². The van der Waals surface area contributed by atoms with Crippen LogP contribution in [0.5, 0.6) is 0 Å². The van der Waals surface area contributed by atoms with Crippen molar-refractivity contribution in [3.63, 3.8) is 0 Å². The number of nitrogens with one attached hydrogen (secondary N) is 1. The summed E-state index contributed by atoms with van der Waals surface area (Å²) in [4.78, 5) is 26.1. The van der Waals surface area contributed by atoms with Gasteiger partial charge in [0.05, 0.1) is 0 Å². The highest BCUT2D eigenvalue weighted by atomic mass is 19.1. The van der Waals surface area contributed by atoms with Crippen molar-refractivity contribution in [3.8, 4) is 0 Å². The maximum absolute atomic E-state index is 13.3. The molecule has 0 atom stereocenters. The Bertz CT molecular complexity index is 655. The molecule has 4 nitrogen and oxygen atoms in total. The van der Waals surface area contributed by atoms with Crippen molar-refractivity contribution in [1.29, 1.82) is 0 Å². The van der Waals surface area contributed by atoms with E-state index in [1.54, 1.807) is 12.1 Å². The lowest BCUT2D eigenvalue weighted by Gasteiger charge is -2.52. The van der Waals surface area contributed by atoms with Gasteiger partial charge in [0.15, 0.2) is 0 Å². The first-order valence-corrected chi connectivity index (χ1v) is 8.90. The summed E-state index contributed by atoms with van der Waals surface area (Å²) in [7, 11) is 0. The van der Waals surface area contributed by atoms with Crippen molar-refractivity contribution in [3.05, 3.63) is 35.6 Å². The SMILES string of the molecule is O=C(NC1CC2(CCN(C(=O)c3cccc(F)c3)CC2)C1)C1CC1. The second-order valence-corrected chi connectivity index (χ2v) is 7.69. The molecular formula is C19H23FN2O2. The number of hydrogen-bond acceptors (Lipinski definition) is 2. The Labute approximate surface area is 141 Å². The number of halogens is 1. The average Bonchev–Trinajstić information content (AvgIpc) is 3.38. The van der Waals surface area contributed by atoms with E-state index < -0.39 is 0 Å². The fraction of sp³-hybridized carbons (Fsp3) is 0.579. The lowest BCUT2D eigenvalue weighted by atomic mass is 9.60. The highest BCUT2D eigenvalue weighted by Crippen LogP contribution is 2.49. The molecule has 0 bridgehead atoms. The quantitative estimate of drug-likeness (QED) is 0.926. The van der Waals surface area contributed by atoms with E-state index in [1.807, 2.05) is 4.90 Å². The molecule has 2 amide bonds. The van der Waals surface area contributed by atoms with Crippen LogP contribution in [0, 0.1) is 17.2 Å². The number of carbonyl (C=O) groups is 2. The number of carbonyl (C=O) groups excluding carboxylic acids is 2. The zero-order chi connectivity index (χ0) is 16.7. The Morgan fingerprint density at radius 1 is 1.17 bits per heavy atom. The summed E-state index contributed by atoms with van der Waals surface area (Å²) in [6, 6.07) is 6.23. The van der Waals surface area contributed by atoms with Crippen molar-refractivity contribution < 1.29 is 14.0 Å². The molecule has 0 aromatic heterocycles. The van der Waals surface area contributed by atoms with Gasteiger partial charge in [-0.2, -0.15) is 0 Å². The predicted molar refractivity (Wildman–Crippen MR) is 87.9 cm³/mol. The van der Waals surface area contributed by atoms with Gasteiger partial charge in [-0.15, -0.1) is 0 Å². The van der Waals surface area contributed by atoms with Crippen LogP contribution in [0.15, 0.2) is 24.3 Å². The Morgan fingerprint density at radius 2 is 1.88 bits per heavy atom. The second kappa shape index (κ2) is 5.87. The van der Waals surface area contributed by atoms with E-state index in [-0.39, 0.29) is 23.5 Å². The number of amides is 2. The largest absolute Gasteiger partial charge is 0.353 e. The molecule has 2 aliphatic carbocycles. The molecule has 0 unspecified atom stereocenters. The summed E-state index contributed by atoms with van der Waals surface area (Å²) in [5.41, 5.74) is 0.717. The molecule has 1 N–H and O–H groups in total. The number of likely N-dealkylation sites (tertiary alicyclic amines) is 1. The van der Waals surface area contributed by atoms with E-state index in [4.69, 9.17) is 0 Å². The van der Waals surface area contributed by atoms with E-state index >= 15 is 0 Å². The van der Waals surface area contributed by atoms with Gasteiger partial charge in [-0.1, -0.05) is 6.07 Å². The molecule has 1 aliphatic heterocycles. The minimum Gasteiger partial charge on any atom is -0.353 e. The third-order valence-electron chi connectivity index (χ3n) is 5.84. The van der Waals surface area contributed by atoms with Crippen LogP contribution in [0.4, 0.5) is 4.39 Å². The van der Waals surface area contributed by atoms with Gasteiger partial charge >= 0.3 is 0 Å². The molecule has 1 saturated heterocycles. The first kappa shape index (κ1) is 15.6. The van der Waals surface area contributed by atoms with Gasteiger partial charge < -0.3 is 10.2 Å². The molecule has 0 radical (unpaired) electrons. The van der Waals surface area contributed by atoms with Crippen LogP contribution in [0.2, 0.25) is 0 Å². The van der Waals surface area contributed by atoms with Gasteiger partial charge in [0.25, 0.3) is 5.91 Å². The minimum absolute atomic E-state index is 0.0812. The van der Waals surface area contributed by atoms with Crippen LogP contribution in [0.25, 0.3) is 0 Å². The van der Waals surface area contributed by atoms with Crippen LogP contribution in [0.1, 0.15) is 48.9 Å². The molecule has 3 fully saturated rings. The standard InChI is InChI=1S/C19H23FN2O2/c20-15-3-1-2-14(10-15)18(24)22-8-6-19(7-9-22)11-16(12-19)21-17(23)13-4-5-13/h1-3,10,13,16H,4-9,11-12H2,(H,21,23). The molecule has 128 valence electrons. The van der Waals surface area contributed by atoms with E-state index in [1.165, 1.54) is 12.1 Å². The summed E-state index contributed by atoms with van der Waals surface area (Å²) in [6.07, 6.45) is 6.11. The van der Waals surface area contributed by atoms with Crippen LogP contribution in [0.3, 0.4) is 0 Å². The average molecular weight is 330 g/mol. The van der Waals surface area contributed by atoms with Crippen molar-refractivity contribution in [2.45, 2.75) is 44.6 Å². The lowest BCUT2D eigenvalue weighted by Crippen LogP contribution is -2.55. The van der Waals surface area contributed by atoms with Crippen molar-refractivity contribution in [1.82, 2.24) is 10.2 Å². The van der Waals surface area contributed by atoms with E-state index in [9.17, 15) is 14.0 Å². The molecule has 5 heteroatoms. The Morgan fingerprint density at radius 3 is 2.50 bits per heavy atom. The zero-order valence-electron chi connectivity index (χ0n) is 13.8. The van der Waals surface area contributed by atoms with E-state index in [0.717, 1.165) is 51.6 Å². The van der Waals surface area contributed by atoms with E-state index in [0.29, 0.717) is 17.0 Å². The maximum atomic E-state index is 13.3. The normalized spacial score (nSPS) is 23.0. The first-order valence-electron chi connectivity index (χ1n) is 8.90. The van der Waals surface area contributed by atoms with Crippen LogP contribution < -0.4 is 5.32 Å². The van der Waals surface area contributed by atoms with Gasteiger partial charge in [-0.05, 0) is 62.1 Å². The summed E-state index contributed by atoms with van der Waals surface area (Å²) >= 11 is 0. The summed E-state index contributed by atoms with van der Waals surface area (Å²) in [6.45, 7) is 1.44. The van der Waals surface area contributed by atoms with Crippen LogP contribution in [-0.4, -0.2) is 35.8 Å². The Kier molecular flexibility index (Phi) is 3.82. The van der Waals surface area contributed by atoms with Gasteiger partial charge in [-0.3, -0.25) is 9.59 Å². The topological polar surface area (TPSA) is 49.4 Å². The Hall–Kier alpha value is -1.91. The summed E-state index contributed by atoms with van der Waals surface area (Å²) in [5, 5.41) is 3.15. The third kappa shape index (κ3) is 3.04. The predicted octanol–water partition coefficient (Wildman–Crippen LogP) is 2.74. The Balaban J connectivity index is 1.28. The molecule has 1 heterocycles. The zero-order valence-corrected chi connectivity index (χ0v) is 13.8.